The van der Waals surface area contributed by atoms with E-state index in [4.69, 9.17) is 0 Å². The summed E-state index contributed by atoms with van der Waals surface area (Å²) in [6.45, 7) is 0.594. The maximum atomic E-state index is 12.3. The van der Waals surface area contributed by atoms with Crippen LogP contribution in [0.5, 0.6) is 0 Å². The summed E-state index contributed by atoms with van der Waals surface area (Å²) in [6, 6.07) is 4.98. The number of sulfonamides is 1. The van der Waals surface area contributed by atoms with E-state index in [0.717, 1.165) is 19.3 Å². The molecule has 0 fully saturated rings. The van der Waals surface area contributed by atoms with Crippen molar-refractivity contribution in [1.29, 1.82) is 0 Å². The van der Waals surface area contributed by atoms with E-state index in [2.05, 4.69) is 9.71 Å². The Labute approximate surface area is 133 Å². The molecule has 1 aliphatic heterocycles. The first-order valence-corrected chi connectivity index (χ1v) is 8.62. The number of rotatable bonds is 4. The third kappa shape index (κ3) is 4.98. The van der Waals surface area contributed by atoms with E-state index in [0.29, 0.717) is 18.8 Å². The Morgan fingerprint density at radius 1 is 1.13 bits per heavy atom. The highest BCUT2D eigenvalue weighted by molar-refractivity contribution is 7.90. The average molecular weight is 345 g/mol. The number of nitrogens with zero attached hydrogens (tertiary/aromatic N) is 1. The van der Waals surface area contributed by atoms with Crippen molar-refractivity contribution in [2.24, 2.45) is 4.99 Å². The summed E-state index contributed by atoms with van der Waals surface area (Å²) in [6.07, 6.45) is 0.256. The number of amidine groups is 1. The second kappa shape index (κ2) is 7.49. The number of benzene rings is 1. The molecule has 2 N–H and O–H groups in total. The Morgan fingerprint density at radius 3 is 2.48 bits per heavy atom. The Balaban J connectivity index is 2.08. The quantitative estimate of drug-likeness (QED) is 0.876. The molecule has 126 valence electrons. The highest BCUT2D eigenvalue weighted by Crippen LogP contribution is 2.16. The van der Waals surface area contributed by atoms with Gasteiger partial charge in [-0.1, -0.05) is 6.42 Å². The van der Waals surface area contributed by atoms with Crippen LogP contribution in [0.25, 0.3) is 0 Å². The number of carbonyl (C=O) groups excluding carboxylic acids is 1. The van der Waals surface area contributed by atoms with Crippen molar-refractivity contribution in [3.05, 3.63) is 24.3 Å². The predicted octanol–water partition coefficient (Wildman–Crippen LogP) is 2.14. The minimum Gasteiger partial charge on any atom is -0.321 e. The lowest BCUT2D eigenvalue weighted by molar-refractivity contribution is -0.126. The summed E-state index contributed by atoms with van der Waals surface area (Å²) in [4.78, 5) is 15.0. The molecule has 23 heavy (non-hydrogen) atoms. The fourth-order valence-electron chi connectivity index (χ4n) is 2.09. The molecule has 1 heterocycles. The van der Waals surface area contributed by atoms with E-state index >= 15 is 0 Å². The van der Waals surface area contributed by atoms with E-state index in [1.165, 1.54) is 24.3 Å². The summed E-state index contributed by atoms with van der Waals surface area (Å²) in [7, 11) is -3.78. The molecule has 1 amide bonds. The molecule has 0 spiro atoms. The van der Waals surface area contributed by atoms with Gasteiger partial charge in [0.05, 0.1) is 4.90 Å². The van der Waals surface area contributed by atoms with Gasteiger partial charge >= 0.3 is 6.43 Å². The monoisotopic (exact) mass is 345 g/mol. The smallest absolute Gasteiger partial charge is 0.315 e. The van der Waals surface area contributed by atoms with Gasteiger partial charge in [0, 0.05) is 18.7 Å². The molecule has 0 aromatic heterocycles. The molecule has 6 nitrogen and oxygen atoms in total. The lowest BCUT2D eigenvalue weighted by Gasteiger charge is -2.10. The maximum absolute atomic E-state index is 12.3. The van der Waals surface area contributed by atoms with Crippen LogP contribution in [0.15, 0.2) is 34.2 Å². The largest absolute Gasteiger partial charge is 0.321 e. The minimum atomic E-state index is -3.78. The molecule has 0 saturated heterocycles. The molecule has 0 unspecified atom stereocenters. The molecule has 0 aliphatic carbocycles. The van der Waals surface area contributed by atoms with Crippen LogP contribution in [0, 0.1) is 0 Å². The van der Waals surface area contributed by atoms with Crippen LogP contribution in [0.4, 0.5) is 14.5 Å². The number of hydrogen-bond acceptors (Lipinski definition) is 4. The first-order chi connectivity index (χ1) is 10.9. The third-order valence-corrected chi connectivity index (χ3v) is 4.65. The fraction of sp³-hybridized carbons (Fsp3) is 0.429. The number of anilines is 1. The number of carbonyl (C=O) groups is 1. The first kappa shape index (κ1) is 17.3. The molecule has 1 aromatic rings. The maximum Gasteiger partial charge on any atom is 0.315 e. The van der Waals surface area contributed by atoms with Gasteiger partial charge in [0.1, 0.15) is 5.84 Å². The third-order valence-electron chi connectivity index (χ3n) is 3.26. The van der Waals surface area contributed by atoms with E-state index in [1.807, 2.05) is 5.32 Å². The summed E-state index contributed by atoms with van der Waals surface area (Å²) in [5.41, 5.74) is 0.0982. The van der Waals surface area contributed by atoms with Gasteiger partial charge in [-0.15, -0.1) is 0 Å². The molecule has 1 aliphatic rings. The lowest BCUT2D eigenvalue weighted by atomic mass is 10.2. The van der Waals surface area contributed by atoms with Gasteiger partial charge in [-0.05, 0) is 37.1 Å². The number of amides is 1. The van der Waals surface area contributed by atoms with Crippen LogP contribution in [-0.4, -0.2) is 33.1 Å². The highest BCUT2D eigenvalue weighted by Gasteiger charge is 2.18. The normalized spacial score (nSPS) is 15.7. The minimum absolute atomic E-state index is 0.0282. The van der Waals surface area contributed by atoms with Crippen LogP contribution in [0.2, 0.25) is 0 Å². The van der Waals surface area contributed by atoms with Gasteiger partial charge in [0.2, 0.25) is 0 Å². The summed E-state index contributed by atoms with van der Waals surface area (Å²) >= 11 is 0. The number of hydrogen-bond donors (Lipinski definition) is 2. The van der Waals surface area contributed by atoms with Crippen molar-refractivity contribution in [2.45, 2.75) is 37.0 Å². The Morgan fingerprint density at radius 2 is 1.83 bits per heavy atom. The van der Waals surface area contributed by atoms with E-state index < -0.39 is 22.4 Å². The second-order valence-corrected chi connectivity index (χ2v) is 6.74. The van der Waals surface area contributed by atoms with Crippen molar-refractivity contribution in [3.63, 3.8) is 0 Å². The van der Waals surface area contributed by atoms with Crippen LogP contribution in [0.3, 0.4) is 0 Å². The molecule has 2 rings (SSSR count). The van der Waals surface area contributed by atoms with Gasteiger partial charge in [-0.25, -0.2) is 8.42 Å². The number of halogens is 2. The van der Waals surface area contributed by atoms with Crippen molar-refractivity contribution in [3.8, 4) is 0 Å². The number of nitrogens with one attached hydrogen (secondary N) is 2. The summed E-state index contributed by atoms with van der Waals surface area (Å²) in [5, 5.41) is 1.98. The zero-order valence-electron chi connectivity index (χ0n) is 12.3. The standard InChI is InChI=1S/C14H17F2N3O3S/c15-13(16)14(20)18-10-5-7-11(8-6-10)23(21,22)19-12-4-2-1-3-9-17-12/h5-8,13H,1-4,9H2,(H,17,19)(H,18,20). The van der Waals surface area contributed by atoms with E-state index in [9.17, 15) is 22.0 Å². The Bertz CT molecular complexity index is 688. The summed E-state index contributed by atoms with van der Waals surface area (Å²) < 4.78 is 51.2. The molecule has 0 radical (unpaired) electrons. The lowest BCUT2D eigenvalue weighted by Crippen LogP contribution is -2.30. The van der Waals surface area contributed by atoms with Gasteiger partial charge in [-0.3, -0.25) is 14.5 Å². The van der Waals surface area contributed by atoms with E-state index in [-0.39, 0.29) is 10.6 Å². The Kier molecular flexibility index (Phi) is 5.64. The first-order valence-electron chi connectivity index (χ1n) is 7.14. The highest BCUT2D eigenvalue weighted by atomic mass is 32.2. The predicted molar refractivity (Wildman–Crippen MR) is 82.2 cm³/mol. The SMILES string of the molecule is O=C(Nc1ccc(S(=O)(=O)NC2=NCCCCC2)cc1)C(F)F. The molecule has 0 atom stereocenters. The zero-order valence-corrected chi connectivity index (χ0v) is 13.1. The van der Waals surface area contributed by atoms with Crippen molar-refractivity contribution in [2.75, 3.05) is 11.9 Å². The number of alkyl halides is 2. The van der Waals surface area contributed by atoms with E-state index in [1.54, 1.807) is 0 Å². The topological polar surface area (TPSA) is 87.6 Å². The van der Waals surface area contributed by atoms with Gasteiger partial charge in [-0.2, -0.15) is 8.78 Å². The van der Waals surface area contributed by atoms with Crippen LogP contribution < -0.4 is 10.0 Å². The van der Waals surface area contributed by atoms with Gasteiger partial charge in [0.25, 0.3) is 15.9 Å². The summed E-state index contributed by atoms with van der Waals surface area (Å²) in [5.74, 6) is -1.01. The van der Waals surface area contributed by atoms with Crippen molar-refractivity contribution in [1.82, 2.24) is 4.72 Å². The van der Waals surface area contributed by atoms with Crippen molar-refractivity contribution < 1.29 is 22.0 Å². The van der Waals surface area contributed by atoms with Crippen molar-refractivity contribution >= 4 is 27.5 Å². The van der Waals surface area contributed by atoms with Gasteiger partial charge in [0.15, 0.2) is 0 Å². The molecule has 1 aromatic carbocycles. The molecule has 0 saturated carbocycles. The van der Waals surface area contributed by atoms with Crippen LogP contribution in [-0.2, 0) is 14.8 Å². The van der Waals surface area contributed by atoms with Gasteiger partial charge < -0.3 is 5.32 Å². The number of aliphatic imine (C=N–C) groups is 1. The second-order valence-electron chi connectivity index (χ2n) is 5.06. The molecular formula is C14H17F2N3O3S. The fourth-order valence-corrected chi connectivity index (χ4v) is 3.17. The molecule has 9 heteroatoms. The molecular weight excluding hydrogens is 328 g/mol. The Hall–Kier alpha value is -2.03. The molecule has 0 bridgehead atoms. The van der Waals surface area contributed by atoms with Crippen LogP contribution >= 0.6 is 0 Å². The zero-order chi connectivity index (χ0) is 16.9. The van der Waals surface area contributed by atoms with Crippen LogP contribution in [0.1, 0.15) is 25.7 Å². The average Bonchev–Trinajstić information content (AvgIpc) is 2.75.